The molecule has 0 N–H and O–H groups in total. The quantitative estimate of drug-likeness (QED) is 0.528. The van der Waals surface area contributed by atoms with E-state index in [4.69, 9.17) is 4.74 Å². The highest BCUT2D eigenvalue weighted by atomic mass is 16.6. The lowest BCUT2D eigenvalue weighted by Crippen LogP contribution is -2.39. The van der Waals surface area contributed by atoms with Crippen LogP contribution < -0.4 is 0 Å². The maximum Gasteiger partial charge on any atom is 0.303 e. The molecule has 0 amide bonds. The lowest BCUT2D eigenvalue weighted by atomic mass is 9.62. The zero-order valence-electron chi connectivity index (χ0n) is 16.2. The SMILES string of the molecule is CC(=O)OC(C)(C)[C@@H](C)/C=C/[C@@H](C)[C@H]1CC[C@H]2C(=O)CCC[C@]12C. The van der Waals surface area contributed by atoms with Gasteiger partial charge in [-0.15, -0.1) is 0 Å². The van der Waals surface area contributed by atoms with Crippen LogP contribution in [0.15, 0.2) is 12.2 Å². The summed E-state index contributed by atoms with van der Waals surface area (Å²) in [6.07, 6.45) is 9.70. The molecule has 5 atom stereocenters. The van der Waals surface area contributed by atoms with Crippen molar-refractivity contribution in [3.8, 4) is 0 Å². The lowest BCUT2D eigenvalue weighted by molar-refractivity contribution is -0.156. The standard InChI is InChI=1S/C21H34O3/c1-14(9-10-15(2)20(4,5)24-16(3)22)17-11-12-18-19(23)8-7-13-21(17,18)6/h9-10,14-15,17-18H,7-8,11-13H2,1-6H3/b10-9+/t14-,15+,17-,18+,21-/m1/s1. The topological polar surface area (TPSA) is 43.4 Å². The molecule has 3 nitrogen and oxygen atoms in total. The summed E-state index contributed by atoms with van der Waals surface area (Å²) in [5, 5.41) is 0. The van der Waals surface area contributed by atoms with Gasteiger partial charge in [0.1, 0.15) is 11.4 Å². The minimum Gasteiger partial charge on any atom is -0.459 e. The van der Waals surface area contributed by atoms with E-state index in [1.807, 2.05) is 13.8 Å². The number of Topliss-reactive ketones (excluding diaryl/α,β-unsaturated/α-hetero) is 1. The van der Waals surface area contributed by atoms with Crippen molar-refractivity contribution in [3.05, 3.63) is 12.2 Å². The number of carbonyl (C=O) groups excluding carboxylic acids is 2. The number of esters is 1. The molecule has 2 aliphatic carbocycles. The van der Waals surface area contributed by atoms with Crippen LogP contribution in [0.2, 0.25) is 0 Å². The molecule has 0 radical (unpaired) electrons. The average molecular weight is 335 g/mol. The highest BCUT2D eigenvalue weighted by molar-refractivity contribution is 5.83. The Morgan fingerprint density at radius 2 is 1.96 bits per heavy atom. The zero-order chi connectivity index (χ0) is 18.1. The van der Waals surface area contributed by atoms with Crippen molar-refractivity contribution in [3.63, 3.8) is 0 Å². The third-order valence-electron chi connectivity index (χ3n) is 6.78. The molecule has 0 aliphatic heterocycles. The van der Waals surface area contributed by atoms with Crippen LogP contribution in [-0.2, 0) is 14.3 Å². The van der Waals surface area contributed by atoms with E-state index in [1.54, 1.807) is 0 Å². The smallest absolute Gasteiger partial charge is 0.303 e. The van der Waals surface area contributed by atoms with Gasteiger partial charge in [-0.05, 0) is 56.8 Å². The lowest BCUT2D eigenvalue weighted by Gasteiger charge is -2.41. The maximum absolute atomic E-state index is 12.3. The monoisotopic (exact) mass is 334 g/mol. The minimum atomic E-state index is -0.495. The summed E-state index contributed by atoms with van der Waals surface area (Å²) in [6.45, 7) is 12.1. The number of ketones is 1. The van der Waals surface area contributed by atoms with Crippen LogP contribution in [0, 0.1) is 29.1 Å². The van der Waals surface area contributed by atoms with Crippen LogP contribution in [0.5, 0.6) is 0 Å². The molecule has 2 fully saturated rings. The van der Waals surface area contributed by atoms with Crippen molar-refractivity contribution in [2.75, 3.05) is 0 Å². The Morgan fingerprint density at radius 1 is 1.29 bits per heavy atom. The number of carbonyl (C=O) groups is 2. The number of allylic oxidation sites excluding steroid dienone is 1. The molecule has 0 aromatic rings. The number of ether oxygens (including phenoxy) is 1. The van der Waals surface area contributed by atoms with E-state index < -0.39 is 5.60 Å². The Morgan fingerprint density at radius 3 is 2.58 bits per heavy atom. The molecular weight excluding hydrogens is 300 g/mol. The van der Waals surface area contributed by atoms with Gasteiger partial charge in [-0.2, -0.15) is 0 Å². The molecule has 0 aromatic carbocycles. The third kappa shape index (κ3) is 3.75. The van der Waals surface area contributed by atoms with Crippen molar-refractivity contribution in [2.45, 2.75) is 79.2 Å². The van der Waals surface area contributed by atoms with Crippen LogP contribution in [0.3, 0.4) is 0 Å². The van der Waals surface area contributed by atoms with E-state index in [2.05, 4.69) is 32.9 Å². The fourth-order valence-electron chi connectivity index (χ4n) is 5.00. The minimum absolute atomic E-state index is 0.154. The summed E-state index contributed by atoms with van der Waals surface area (Å²) in [7, 11) is 0. The number of rotatable bonds is 5. The Bertz CT molecular complexity index is 519. The van der Waals surface area contributed by atoms with E-state index in [0.29, 0.717) is 17.6 Å². The molecule has 0 spiro atoms. The summed E-state index contributed by atoms with van der Waals surface area (Å²) >= 11 is 0. The Balaban J connectivity index is 2.05. The van der Waals surface area contributed by atoms with Crippen LogP contribution in [0.25, 0.3) is 0 Å². The first-order chi connectivity index (χ1) is 11.1. The average Bonchev–Trinajstić information content (AvgIpc) is 2.81. The van der Waals surface area contributed by atoms with Crippen molar-refractivity contribution in [2.24, 2.45) is 29.1 Å². The largest absolute Gasteiger partial charge is 0.459 e. The first-order valence-electron chi connectivity index (χ1n) is 9.48. The summed E-state index contributed by atoms with van der Waals surface area (Å²) in [4.78, 5) is 23.5. The predicted molar refractivity (Wildman–Crippen MR) is 96.5 cm³/mol. The second kappa shape index (κ2) is 7.01. The van der Waals surface area contributed by atoms with Gasteiger partial charge in [0, 0.05) is 25.2 Å². The second-order valence-corrected chi connectivity index (χ2v) is 8.79. The summed E-state index contributed by atoms with van der Waals surface area (Å²) in [5.41, 5.74) is -0.321. The Labute approximate surface area is 147 Å². The molecule has 2 saturated carbocycles. The van der Waals surface area contributed by atoms with Gasteiger partial charge < -0.3 is 4.74 Å². The summed E-state index contributed by atoms with van der Waals surface area (Å²) < 4.78 is 5.44. The molecule has 0 heterocycles. The molecular formula is C21H34O3. The Hall–Kier alpha value is -1.12. The van der Waals surface area contributed by atoms with Gasteiger partial charge >= 0.3 is 5.97 Å². The van der Waals surface area contributed by atoms with Gasteiger partial charge in [0.25, 0.3) is 0 Å². The maximum atomic E-state index is 12.3. The molecule has 2 rings (SSSR count). The van der Waals surface area contributed by atoms with Gasteiger partial charge in [-0.1, -0.05) is 32.9 Å². The van der Waals surface area contributed by atoms with Crippen LogP contribution >= 0.6 is 0 Å². The normalized spacial score (nSPS) is 33.3. The predicted octanol–water partition coefficient (Wildman–Crippen LogP) is 4.94. The van der Waals surface area contributed by atoms with E-state index >= 15 is 0 Å². The first-order valence-corrected chi connectivity index (χ1v) is 9.48. The van der Waals surface area contributed by atoms with Gasteiger partial charge in [0.15, 0.2) is 0 Å². The molecule has 0 bridgehead atoms. The van der Waals surface area contributed by atoms with Gasteiger partial charge in [-0.3, -0.25) is 9.59 Å². The van der Waals surface area contributed by atoms with Gasteiger partial charge in [0.05, 0.1) is 0 Å². The summed E-state index contributed by atoms with van der Waals surface area (Å²) in [6, 6.07) is 0. The van der Waals surface area contributed by atoms with Crippen molar-refractivity contribution in [1.29, 1.82) is 0 Å². The highest BCUT2D eigenvalue weighted by Crippen LogP contribution is 2.56. The van der Waals surface area contributed by atoms with E-state index in [1.165, 1.54) is 13.3 Å². The molecule has 0 unspecified atom stereocenters. The van der Waals surface area contributed by atoms with Gasteiger partial charge in [0.2, 0.25) is 0 Å². The Kier molecular flexibility index (Phi) is 5.61. The number of fused-ring (bicyclic) bond motifs is 1. The van der Waals surface area contributed by atoms with Crippen molar-refractivity contribution < 1.29 is 14.3 Å². The molecule has 2 aliphatic rings. The number of hydrogen-bond donors (Lipinski definition) is 0. The molecule has 24 heavy (non-hydrogen) atoms. The van der Waals surface area contributed by atoms with Crippen LogP contribution in [0.1, 0.15) is 73.6 Å². The fraction of sp³-hybridized carbons (Fsp3) is 0.810. The van der Waals surface area contributed by atoms with Crippen molar-refractivity contribution >= 4 is 11.8 Å². The van der Waals surface area contributed by atoms with E-state index in [9.17, 15) is 9.59 Å². The number of hydrogen-bond acceptors (Lipinski definition) is 3. The van der Waals surface area contributed by atoms with Crippen molar-refractivity contribution in [1.82, 2.24) is 0 Å². The van der Waals surface area contributed by atoms with E-state index in [0.717, 1.165) is 25.7 Å². The van der Waals surface area contributed by atoms with E-state index in [-0.39, 0.29) is 23.2 Å². The first kappa shape index (κ1) is 19.2. The molecule has 0 saturated heterocycles. The molecule has 3 heteroatoms. The molecule has 0 aromatic heterocycles. The van der Waals surface area contributed by atoms with Crippen LogP contribution in [0.4, 0.5) is 0 Å². The highest BCUT2D eigenvalue weighted by Gasteiger charge is 2.51. The fourth-order valence-corrected chi connectivity index (χ4v) is 5.00. The second-order valence-electron chi connectivity index (χ2n) is 8.79. The van der Waals surface area contributed by atoms with Gasteiger partial charge in [-0.25, -0.2) is 0 Å². The molecule has 136 valence electrons. The van der Waals surface area contributed by atoms with Crippen LogP contribution in [-0.4, -0.2) is 17.4 Å². The third-order valence-corrected chi connectivity index (χ3v) is 6.78. The summed E-state index contributed by atoms with van der Waals surface area (Å²) in [5.74, 6) is 1.71. The zero-order valence-corrected chi connectivity index (χ0v) is 16.2.